The number of nitrogens with zero attached hydrogens (tertiary/aromatic N) is 2. The molecule has 4 N–H and O–H groups in total. The Morgan fingerprint density at radius 2 is 0.808 bits per heavy atom. The molecule has 0 fully saturated rings. The molecule has 8 bridgehead atoms. The van der Waals surface area contributed by atoms with Crippen LogP contribution in [0.15, 0.2) is 61.2 Å². The fourth-order valence-electron chi connectivity index (χ4n) is 8.95. The highest BCUT2D eigenvalue weighted by molar-refractivity contribution is 6.04. The number of pyridine rings is 2. The molecule has 0 aromatic carbocycles. The molecule has 0 atom stereocenters. The molecule has 52 heavy (non-hydrogen) atoms. The van der Waals surface area contributed by atoms with Crippen LogP contribution in [0.1, 0.15) is 126 Å². The maximum absolute atomic E-state index is 5.62. The lowest BCUT2D eigenvalue weighted by Gasteiger charge is -2.10. The number of nitrogens with one attached hydrogen (secondary N) is 4. The Labute approximate surface area is 308 Å². The maximum Gasteiger partial charge on any atom is 0.167 e. The molecule has 2 aliphatic heterocycles. The van der Waals surface area contributed by atoms with Gasteiger partial charge in [0.15, 0.2) is 24.8 Å². The van der Waals surface area contributed by atoms with E-state index in [1.54, 1.807) is 0 Å². The van der Waals surface area contributed by atoms with Gasteiger partial charge < -0.3 is 9.97 Å². The lowest BCUT2D eigenvalue weighted by atomic mass is 9.92. The Kier molecular flexibility index (Phi) is 10.1. The second-order valence-electron chi connectivity index (χ2n) is 13.8. The molecule has 0 saturated carbocycles. The molecule has 0 saturated heterocycles. The molecule has 7 rings (SSSR count). The molecule has 0 amide bonds. The molecule has 6 heteroatoms. The molecule has 0 spiro atoms. The number of fused-ring (bicyclic) bond motifs is 8. The van der Waals surface area contributed by atoms with Crippen molar-refractivity contribution in [2.24, 2.45) is 0 Å². The molecule has 0 radical (unpaired) electrons. The predicted octanol–water partition coefficient (Wildman–Crippen LogP) is 11.0. The Bertz CT molecular complexity index is 2210. The first kappa shape index (κ1) is 35.3. The minimum Gasteiger partial charge on any atom is -0.354 e. The topological polar surface area (TPSA) is 85.6 Å². The third-order valence-corrected chi connectivity index (χ3v) is 11.3. The number of hydrogen-bond donors (Lipinski definition) is 2. The van der Waals surface area contributed by atoms with Crippen LogP contribution in [0.2, 0.25) is 0 Å². The van der Waals surface area contributed by atoms with Gasteiger partial charge in [-0.1, -0.05) is 55.4 Å². The number of aromatic nitrogens is 6. The normalized spacial score (nSPS) is 13.1. The van der Waals surface area contributed by atoms with E-state index >= 15 is 0 Å². The van der Waals surface area contributed by atoms with Gasteiger partial charge >= 0.3 is 0 Å². The van der Waals surface area contributed by atoms with Gasteiger partial charge in [-0.2, -0.15) is 0 Å². The number of aryl methyl sites for hydroxylation is 4. The molecule has 266 valence electrons. The van der Waals surface area contributed by atoms with Gasteiger partial charge in [-0.05, 0) is 119 Å². The van der Waals surface area contributed by atoms with E-state index in [4.69, 9.17) is 9.97 Å². The number of H-pyrrole nitrogens is 4. The van der Waals surface area contributed by atoms with Crippen molar-refractivity contribution in [3.05, 3.63) is 106 Å². The Morgan fingerprint density at radius 3 is 1.13 bits per heavy atom. The largest absolute Gasteiger partial charge is 0.354 e. The smallest absolute Gasteiger partial charge is 0.167 e. The van der Waals surface area contributed by atoms with Gasteiger partial charge in [0.25, 0.3) is 0 Å². The summed E-state index contributed by atoms with van der Waals surface area (Å²) in [7, 11) is 0. The summed E-state index contributed by atoms with van der Waals surface area (Å²) in [5, 5.41) is 0. The monoisotopic (exact) mass is 690 g/mol. The van der Waals surface area contributed by atoms with Crippen molar-refractivity contribution in [3.63, 3.8) is 0 Å². The molecule has 7 heterocycles. The highest BCUT2D eigenvalue weighted by Gasteiger charge is 2.28. The van der Waals surface area contributed by atoms with Crippen LogP contribution in [0.3, 0.4) is 0 Å². The van der Waals surface area contributed by atoms with Crippen LogP contribution in [0, 0.1) is 0 Å². The summed E-state index contributed by atoms with van der Waals surface area (Å²) in [6.45, 7) is 18.2. The summed E-state index contributed by atoms with van der Waals surface area (Å²) in [5.41, 5.74) is 24.3. The van der Waals surface area contributed by atoms with Gasteiger partial charge in [-0.25, -0.2) is 19.9 Å². The van der Waals surface area contributed by atoms with Crippen LogP contribution < -0.4 is 9.97 Å². The number of rotatable bonds is 10. The third kappa shape index (κ3) is 5.73. The molecule has 6 nitrogen and oxygen atoms in total. The fourth-order valence-corrected chi connectivity index (χ4v) is 8.95. The molecular formula is C46H54N6+2. The summed E-state index contributed by atoms with van der Waals surface area (Å²) >= 11 is 0. The maximum atomic E-state index is 5.62. The summed E-state index contributed by atoms with van der Waals surface area (Å²) < 4.78 is 0. The molecule has 0 unspecified atom stereocenters. The van der Waals surface area contributed by atoms with Crippen LogP contribution in [0.25, 0.3) is 66.6 Å². The summed E-state index contributed by atoms with van der Waals surface area (Å²) in [4.78, 5) is 25.9. The highest BCUT2D eigenvalue weighted by atomic mass is 14.8. The number of allylic oxidation sites excluding steroid dienone is 4. The molecule has 0 aliphatic carbocycles. The van der Waals surface area contributed by atoms with Crippen molar-refractivity contribution < 1.29 is 9.97 Å². The van der Waals surface area contributed by atoms with E-state index in [2.05, 4.69) is 112 Å². The van der Waals surface area contributed by atoms with E-state index in [0.717, 1.165) is 85.3 Å². The first-order valence-corrected chi connectivity index (χ1v) is 19.7. The fraction of sp³-hybridized carbons (Fsp3) is 0.348. The van der Waals surface area contributed by atoms with E-state index in [0.29, 0.717) is 0 Å². The first-order chi connectivity index (χ1) is 25.5. The zero-order valence-electron chi connectivity index (χ0n) is 32.3. The van der Waals surface area contributed by atoms with Crippen LogP contribution in [-0.2, 0) is 25.7 Å². The second-order valence-corrected chi connectivity index (χ2v) is 13.8. The Morgan fingerprint density at radius 1 is 0.442 bits per heavy atom. The van der Waals surface area contributed by atoms with Gasteiger partial charge in [-0.3, -0.25) is 0 Å². The minimum absolute atomic E-state index is 0.900. The molecule has 5 aromatic heterocycles. The average molecular weight is 691 g/mol. The minimum atomic E-state index is 0.900. The van der Waals surface area contributed by atoms with Crippen molar-refractivity contribution in [2.75, 3.05) is 0 Å². The lowest BCUT2D eigenvalue weighted by Crippen LogP contribution is -1.99. The predicted molar refractivity (Wildman–Crippen MR) is 217 cm³/mol. The SMILES string of the molecule is CCC1=C(CC)c2nc1cc1nc(c(-c3cc[nH+]cc3)c3[nH]c(cc4[nH]c(c(CC)c4CC)c2-c2cc[nH+]cc2)c(CC)c3CC)C(CC)=C1CC. The van der Waals surface area contributed by atoms with E-state index in [-0.39, 0.29) is 0 Å². The van der Waals surface area contributed by atoms with Crippen molar-refractivity contribution in [3.8, 4) is 22.3 Å². The standard InChI is InChI=1S/C46H52N6/c1-9-29-33(13-5)43-41(27-17-21-47-22-18-27)44-35(15-7)31(11-3)39(51-44)26-40-32(12-4)36(16-8)46(52-40)42(28-19-23-48-24-20-28)45-34(14-6)30(10-2)38(50-45)25-37(29)49-43/h17-26,49-50H,9-16H2,1-8H3/p+2. The van der Waals surface area contributed by atoms with E-state index < -0.39 is 0 Å². The second kappa shape index (κ2) is 14.9. The van der Waals surface area contributed by atoms with Gasteiger partial charge in [0.2, 0.25) is 0 Å². The van der Waals surface area contributed by atoms with Gasteiger partial charge in [-0.15, -0.1) is 0 Å². The quantitative estimate of drug-likeness (QED) is 0.153. The third-order valence-electron chi connectivity index (χ3n) is 11.3. The zero-order valence-corrected chi connectivity index (χ0v) is 32.3. The van der Waals surface area contributed by atoms with Gasteiger partial charge in [0, 0.05) is 46.4 Å². The summed E-state index contributed by atoms with van der Waals surface area (Å²) in [5.74, 6) is 0. The van der Waals surface area contributed by atoms with Gasteiger partial charge in [0.05, 0.1) is 33.8 Å². The van der Waals surface area contributed by atoms with Gasteiger partial charge in [0.1, 0.15) is 0 Å². The van der Waals surface area contributed by atoms with Crippen molar-refractivity contribution in [1.82, 2.24) is 19.9 Å². The Hall–Kier alpha value is -5.10. The summed E-state index contributed by atoms with van der Waals surface area (Å²) in [6.07, 6.45) is 15.4. The van der Waals surface area contributed by atoms with Crippen LogP contribution >= 0.6 is 0 Å². The zero-order chi connectivity index (χ0) is 36.5. The summed E-state index contributed by atoms with van der Waals surface area (Å²) in [6, 6.07) is 13.5. The van der Waals surface area contributed by atoms with E-state index in [1.165, 1.54) is 77.7 Å². The first-order valence-electron chi connectivity index (χ1n) is 19.7. The highest BCUT2D eigenvalue weighted by Crippen LogP contribution is 2.45. The van der Waals surface area contributed by atoms with E-state index in [9.17, 15) is 0 Å². The average Bonchev–Trinajstić information content (AvgIpc) is 3.92. The Balaban J connectivity index is 1.82. The van der Waals surface area contributed by atoms with Crippen LogP contribution in [-0.4, -0.2) is 19.9 Å². The lowest BCUT2D eigenvalue weighted by molar-refractivity contribution is -0.378. The van der Waals surface area contributed by atoms with Crippen molar-refractivity contribution in [1.29, 1.82) is 0 Å². The molecule has 5 aromatic rings. The van der Waals surface area contributed by atoms with E-state index in [1.807, 2.05) is 24.8 Å². The van der Waals surface area contributed by atoms with Crippen LogP contribution in [0.5, 0.6) is 0 Å². The number of hydrogen-bond acceptors (Lipinski definition) is 2. The van der Waals surface area contributed by atoms with Crippen LogP contribution in [0.4, 0.5) is 0 Å². The molecule has 2 aliphatic rings. The number of aromatic amines is 4. The van der Waals surface area contributed by atoms with Crippen molar-refractivity contribution >= 4 is 44.4 Å². The van der Waals surface area contributed by atoms with Crippen molar-refractivity contribution in [2.45, 2.75) is 107 Å². The molecular weight excluding hydrogens is 637 g/mol.